The molecule has 2 rings (SSSR count). The van der Waals surface area contributed by atoms with Crippen molar-refractivity contribution < 1.29 is 0 Å². The minimum absolute atomic E-state index is 0.758. The maximum absolute atomic E-state index is 4.10. The van der Waals surface area contributed by atoms with E-state index in [2.05, 4.69) is 20.2 Å². The molecule has 0 aliphatic rings. The van der Waals surface area contributed by atoms with E-state index in [9.17, 15) is 0 Å². The highest BCUT2D eigenvalue weighted by molar-refractivity contribution is 5.55. The van der Waals surface area contributed by atoms with Crippen LogP contribution in [-0.4, -0.2) is 20.2 Å². The fourth-order valence-corrected chi connectivity index (χ4v) is 1.08. The van der Waals surface area contributed by atoms with Crippen molar-refractivity contribution in [2.45, 2.75) is 13.8 Å². The summed E-state index contributed by atoms with van der Waals surface area (Å²) in [5.74, 6) is 0.758. The Kier molecular flexibility index (Phi) is 2.18. The average Bonchev–Trinajstić information content (AvgIpc) is 2.21. The van der Waals surface area contributed by atoms with E-state index in [1.165, 1.54) is 0 Å². The first-order valence-corrected chi connectivity index (χ1v) is 4.35. The van der Waals surface area contributed by atoms with Crippen LogP contribution in [-0.2, 0) is 0 Å². The quantitative estimate of drug-likeness (QED) is 0.678. The molecule has 0 atom stereocenters. The Morgan fingerprint density at radius 2 is 1.64 bits per heavy atom. The van der Waals surface area contributed by atoms with Gasteiger partial charge in [-0.05, 0) is 26.0 Å². The number of aryl methyl sites for hydroxylation is 2. The van der Waals surface area contributed by atoms with Gasteiger partial charge >= 0.3 is 0 Å². The molecule has 4 nitrogen and oxygen atoms in total. The highest BCUT2D eigenvalue weighted by Gasteiger charge is 1.99. The lowest BCUT2D eigenvalue weighted by Crippen LogP contribution is -1.92. The Balaban J connectivity index is 2.40. The van der Waals surface area contributed by atoms with Crippen LogP contribution in [0.15, 0.2) is 24.5 Å². The van der Waals surface area contributed by atoms with E-state index in [1.54, 1.807) is 12.4 Å². The van der Waals surface area contributed by atoms with Crippen molar-refractivity contribution >= 4 is 0 Å². The molecule has 0 amide bonds. The Hall–Kier alpha value is -1.84. The van der Waals surface area contributed by atoms with Gasteiger partial charge in [-0.25, -0.2) is 9.97 Å². The van der Waals surface area contributed by atoms with E-state index < -0.39 is 0 Å². The van der Waals surface area contributed by atoms with Gasteiger partial charge < -0.3 is 0 Å². The highest BCUT2D eigenvalue weighted by atomic mass is 15.1. The zero-order chi connectivity index (χ0) is 9.97. The van der Waals surface area contributed by atoms with Gasteiger partial charge in [-0.2, -0.15) is 10.2 Å². The SMILES string of the molecule is Cc1ccc(-c2cnc(C)nc2)nn1. The van der Waals surface area contributed by atoms with Crippen molar-refractivity contribution in [3.63, 3.8) is 0 Å². The van der Waals surface area contributed by atoms with E-state index in [0.29, 0.717) is 0 Å². The van der Waals surface area contributed by atoms with Crippen LogP contribution in [0.1, 0.15) is 11.5 Å². The molecule has 0 fully saturated rings. The maximum atomic E-state index is 4.10. The van der Waals surface area contributed by atoms with Crippen LogP contribution in [0, 0.1) is 13.8 Å². The summed E-state index contributed by atoms with van der Waals surface area (Å²) in [6.45, 7) is 3.76. The van der Waals surface area contributed by atoms with E-state index in [0.717, 1.165) is 22.8 Å². The first kappa shape index (κ1) is 8.74. The van der Waals surface area contributed by atoms with Crippen LogP contribution in [0.2, 0.25) is 0 Å². The van der Waals surface area contributed by atoms with Crippen LogP contribution in [0.3, 0.4) is 0 Å². The van der Waals surface area contributed by atoms with Crippen molar-refractivity contribution in [3.8, 4) is 11.3 Å². The first-order valence-electron chi connectivity index (χ1n) is 4.35. The van der Waals surface area contributed by atoms with Crippen molar-refractivity contribution in [2.75, 3.05) is 0 Å². The zero-order valence-corrected chi connectivity index (χ0v) is 8.10. The van der Waals surface area contributed by atoms with Gasteiger partial charge in [0.15, 0.2) is 0 Å². The van der Waals surface area contributed by atoms with Gasteiger partial charge in [-0.3, -0.25) is 0 Å². The second kappa shape index (κ2) is 3.49. The van der Waals surface area contributed by atoms with Gasteiger partial charge in [0.05, 0.1) is 11.4 Å². The molecule has 2 heterocycles. The van der Waals surface area contributed by atoms with E-state index in [1.807, 2.05) is 26.0 Å². The molecule has 0 radical (unpaired) electrons. The normalized spacial score (nSPS) is 10.1. The zero-order valence-electron chi connectivity index (χ0n) is 8.10. The number of nitrogens with zero attached hydrogens (tertiary/aromatic N) is 4. The maximum Gasteiger partial charge on any atom is 0.125 e. The molecule has 0 saturated heterocycles. The second-order valence-electron chi connectivity index (χ2n) is 3.08. The van der Waals surface area contributed by atoms with Crippen LogP contribution >= 0.6 is 0 Å². The Morgan fingerprint density at radius 1 is 0.929 bits per heavy atom. The third-order valence-electron chi connectivity index (χ3n) is 1.87. The van der Waals surface area contributed by atoms with Gasteiger partial charge in [0, 0.05) is 18.0 Å². The lowest BCUT2D eigenvalue weighted by atomic mass is 10.2. The summed E-state index contributed by atoms with van der Waals surface area (Å²) in [7, 11) is 0. The van der Waals surface area contributed by atoms with Crippen molar-refractivity contribution in [1.82, 2.24) is 20.2 Å². The minimum Gasteiger partial charge on any atom is -0.241 e. The van der Waals surface area contributed by atoms with Crippen molar-refractivity contribution in [3.05, 3.63) is 36.0 Å². The topological polar surface area (TPSA) is 51.6 Å². The van der Waals surface area contributed by atoms with E-state index in [-0.39, 0.29) is 0 Å². The van der Waals surface area contributed by atoms with E-state index in [4.69, 9.17) is 0 Å². The molecule has 0 aliphatic carbocycles. The van der Waals surface area contributed by atoms with Crippen LogP contribution < -0.4 is 0 Å². The highest BCUT2D eigenvalue weighted by Crippen LogP contribution is 2.12. The molecular weight excluding hydrogens is 176 g/mol. The van der Waals surface area contributed by atoms with Gasteiger partial charge in [0.1, 0.15) is 5.82 Å². The monoisotopic (exact) mass is 186 g/mol. The van der Waals surface area contributed by atoms with Crippen LogP contribution in [0.25, 0.3) is 11.3 Å². The lowest BCUT2D eigenvalue weighted by Gasteiger charge is -1.98. The summed E-state index contributed by atoms with van der Waals surface area (Å²) in [5, 5.41) is 8.02. The van der Waals surface area contributed by atoms with E-state index >= 15 is 0 Å². The summed E-state index contributed by atoms with van der Waals surface area (Å²) in [6.07, 6.45) is 3.50. The van der Waals surface area contributed by atoms with Gasteiger partial charge in [-0.1, -0.05) is 0 Å². The number of hydrogen-bond donors (Lipinski definition) is 0. The molecule has 70 valence electrons. The Labute approximate surface area is 82.1 Å². The molecule has 4 heteroatoms. The summed E-state index contributed by atoms with van der Waals surface area (Å²) < 4.78 is 0. The molecule has 0 aliphatic heterocycles. The second-order valence-corrected chi connectivity index (χ2v) is 3.08. The number of aromatic nitrogens is 4. The third-order valence-corrected chi connectivity index (χ3v) is 1.87. The van der Waals surface area contributed by atoms with Crippen molar-refractivity contribution in [2.24, 2.45) is 0 Å². The standard InChI is InChI=1S/C10H10N4/c1-7-3-4-10(14-13-7)9-5-11-8(2)12-6-9/h3-6H,1-2H3. The van der Waals surface area contributed by atoms with Crippen LogP contribution in [0.4, 0.5) is 0 Å². The summed E-state index contributed by atoms with van der Waals surface area (Å²) in [5.41, 5.74) is 2.60. The number of rotatable bonds is 1. The largest absolute Gasteiger partial charge is 0.241 e. The van der Waals surface area contributed by atoms with Gasteiger partial charge in [0.2, 0.25) is 0 Å². The molecule has 0 unspecified atom stereocenters. The fraction of sp³-hybridized carbons (Fsp3) is 0.200. The third kappa shape index (κ3) is 1.74. The summed E-state index contributed by atoms with van der Waals surface area (Å²) >= 11 is 0. The molecular formula is C10H10N4. The molecule has 0 N–H and O–H groups in total. The fourth-order valence-electron chi connectivity index (χ4n) is 1.08. The summed E-state index contributed by atoms with van der Waals surface area (Å²) in [6, 6.07) is 3.83. The molecule has 2 aromatic rings. The van der Waals surface area contributed by atoms with Crippen molar-refractivity contribution in [1.29, 1.82) is 0 Å². The molecule has 2 aromatic heterocycles. The molecule has 0 bridgehead atoms. The average molecular weight is 186 g/mol. The number of hydrogen-bond acceptors (Lipinski definition) is 4. The molecule has 0 spiro atoms. The lowest BCUT2D eigenvalue weighted by molar-refractivity contribution is 0.978. The van der Waals surface area contributed by atoms with Gasteiger partial charge in [0.25, 0.3) is 0 Å². The predicted octanol–water partition coefficient (Wildman–Crippen LogP) is 1.55. The first-order chi connectivity index (χ1) is 6.75. The smallest absolute Gasteiger partial charge is 0.125 e. The molecule has 0 aromatic carbocycles. The molecule has 14 heavy (non-hydrogen) atoms. The molecule has 0 saturated carbocycles. The van der Waals surface area contributed by atoms with Gasteiger partial charge in [-0.15, -0.1) is 0 Å². The minimum atomic E-state index is 0.758. The Bertz CT molecular complexity index is 375. The predicted molar refractivity (Wildman–Crippen MR) is 52.5 cm³/mol. The summed E-state index contributed by atoms with van der Waals surface area (Å²) in [4.78, 5) is 8.20. The Morgan fingerprint density at radius 3 is 2.21 bits per heavy atom. The van der Waals surface area contributed by atoms with Crippen LogP contribution in [0.5, 0.6) is 0 Å².